The molecule has 2 N–H and O–H groups in total. The highest BCUT2D eigenvalue weighted by molar-refractivity contribution is 5.94. The Morgan fingerprint density at radius 1 is 1.33 bits per heavy atom. The molecule has 0 radical (unpaired) electrons. The zero-order valence-corrected chi connectivity index (χ0v) is 12.8. The Hall–Kier alpha value is -1.42. The SMILES string of the molecule is Cc1ccc(C(=O)N(CCCN)C2CCCCC2)cc1F. The van der Waals surface area contributed by atoms with Crippen LogP contribution in [0.25, 0.3) is 0 Å². The van der Waals surface area contributed by atoms with E-state index in [0.29, 0.717) is 24.2 Å². The van der Waals surface area contributed by atoms with E-state index in [1.54, 1.807) is 19.1 Å². The van der Waals surface area contributed by atoms with Gasteiger partial charge in [-0.2, -0.15) is 0 Å². The van der Waals surface area contributed by atoms with Gasteiger partial charge in [0.25, 0.3) is 5.91 Å². The third kappa shape index (κ3) is 4.03. The van der Waals surface area contributed by atoms with Crippen molar-refractivity contribution in [2.45, 2.75) is 51.5 Å². The van der Waals surface area contributed by atoms with Crippen molar-refractivity contribution >= 4 is 5.91 Å². The molecule has 0 aromatic heterocycles. The number of hydrogen-bond acceptors (Lipinski definition) is 2. The maximum Gasteiger partial charge on any atom is 0.254 e. The summed E-state index contributed by atoms with van der Waals surface area (Å²) >= 11 is 0. The normalized spacial score (nSPS) is 16.0. The van der Waals surface area contributed by atoms with Gasteiger partial charge in [-0.3, -0.25) is 4.79 Å². The summed E-state index contributed by atoms with van der Waals surface area (Å²) in [5.41, 5.74) is 6.60. The fourth-order valence-electron chi connectivity index (χ4n) is 3.00. The average molecular weight is 292 g/mol. The molecular weight excluding hydrogens is 267 g/mol. The van der Waals surface area contributed by atoms with Crippen molar-refractivity contribution < 1.29 is 9.18 Å². The molecule has 1 aromatic rings. The second kappa shape index (κ2) is 7.55. The topological polar surface area (TPSA) is 46.3 Å². The lowest BCUT2D eigenvalue weighted by atomic mass is 9.93. The van der Waals surface area contributed by atoms with E-state index in [4.69, 9.17) is 5.73 Å². The highest BCUT2D eigenvalue weighted by Crippen LogP contribution is 2.24. The fourth-order valence-corrected chi connectivity index (χ4v) is 3.00. The van der Waals surface area contributed by atoms with Crippen LogP contribution in [0.3, 0.4) is 0 Å². The van der Waals surface area contributed by atoms with Crippen LogP contribution >= 0.6 is 0 Å². The predicted octanol–water partition coefficient (Wildman–Crippen LogP) is 3.26. The van der Waals surface area contributed by atoms with Crippen LogP contribution in [0.4, 0.5) is 4.39 Å². The third-order valence-corrected chi connectivity index (χ3v) is 4.30. The second-order valence-corrected chi connectivity index (χ2v) is 5.90. The zero-order chi connectivity index (χ0) is 15.2. The number of benzene rings is 1. The van der Waals surface area contributed by atoms with E-state index in [-0.39, 0.29) is 17.8 Å². The van der Waals surface area contributed by atoms with Gasteiger partial charge in [0.15, 0.2) is 0 Å². The summed E-state index contributed by atoms with van der Waals surface area (Å²) in [6.07, 6.45) is 6.46. The zero-order valence-electron chi connectivity index (χ0n) is 12.8. The number of carbonyl (C=O) groups is 1. The Kier molecular flexibility index (Phi) is 5.74. The third-order valence-electron chi connectivity index (χ3n) is 4.30. The number of aryl methyl sites for hydroxylation is 1. The molecule has 21 heavy (non-hydrogen) atoms. The molecule has 1 fully saturated rings. The maximum absolute atomic E-state index is 13.7. The summed E-state index contributed by atoms with van der Waals surface area (Å²) in [4.78, 5) is 14.6. The molecule has 0 saturated heterocycles. The van der Waals surface area contributed by atoms with Crippen LogP contribution in [0.1, 0.15) is 54.4 Å². The first-order chi connectivity index (χ1) is 10.1. The van der Waals surface area contributed by atoms with Crippen LogP contribution in [0.5, 0.6) is 0 Å². The molecule has 0 unspecified atom stereocenters. The Morgan fingerprint density at radius 3 is 2.67 bits per heavy atom. The van der Waals surface area contributed by atoms with Crippen LogP contribution in [-0.4, -0.2) is 29.9 Å². The van der Waals surface area contributed by atoms with Gasteiger partial charge in [0.05, 0.1) is 0 Å². The van der Waals surface area contributed by atoms with Gasteiger partial charge in [0.2, 0.25) is 0 Å². The van der Waals surface area contributed by atoms with Gasteiger partial charge in [-0.05, 0) is 50.4 Å². The number of hydrogen-bond donors (Lipinski definition) is 1. The van der Waals surface area contributed by atoms with Crippen LogP contribution in [0.15, 0.2) is 18.2 Å². The molecule has 1 aromatic carbocycles. The Morgan fingerprint density at radius 2 is 2.05 bits per heavy atom. The molecule has 1 saturated carbocycles. The Balaban J connectivity index is 2.17. The molecule has 0 bridgehead atoms. The first-order valence-corrected chi connectivity index (χ1v) is 7.90. The van der Waals surface area contributed by atoms with Crippen molar-refractivity contribution in [1.82, 2.24) is 4.90 Å². The number of halogens is 1. The molecular formula is C17H25FN2O. The largest absolute Gasteiger partial charge is 0.336 e. The lowest BCUT2D eigenvalue weighted by molar-refractivity contribution is 0.0632. The van der Waals surface area contributed by atoms with Crippen molar-refractivity contribution in [1.29, 1.82) is 0 Å². The summed E-state index contributed by atoms with van der Waals surface area (Å²) < 4.78 is 13.7. The summed E-state index contributed by atoms with van der Waals surface area (Å²) in [5, 5.41) is 0. The van der Waals surface area contributed by atoms with Gasteiger partial charge >= 0.3 is 0 Å². The Bertz CT molecular complexity index is 484. The minimum atomic E-state index is -0.316. The summed E-state index contributed by atoms with van der Waals surface area (Å²) in [6.45, 7) is 2.94. The average Bonchev–Trinajstić information content (AvgIpc) is 2.51. The lowest BCUT2D eigenvalue weighted by Crippen LogP contribution is -2.42. The van der Waals surface area contributed by atoms with Crippen LogP contribution in [0.2, 0.25) is 0 Å². The minimum Gasteiger partial charge on any atom is -0.336 e. The molecule has 0 aliphatic heterocycles. The van der Waals surface area contributed by atoms with E-state index in [2.05, 4.69) is 0 Å². The Labute approximate surface area is 126 Å². The number of rotatable bonds is 5. The second-order valence-electron chi connectivity index (χ2n) is 5.90. The van der Waals surface area contributed by atoms with E-state index in [9.17, 15) is 9.18 Å². The van der Waals surface area contributed by atoms with E-state index in [1.165, 1.54) is 25.3 Å². The van der Waals surface area contributed by atoms with E-state index >= 15 is 0 Å². The van der Waals surface area contributed by atoms with Crippen molar-refractivity contribution in [2.24, 2.45) is 5.73 Å². The maximum atomic E-state index is 13.7. The molecule has 1 aliphatic carbocycles. The summed E-state index contributed by atoms with van der Waals surface area (Å²) in [5.74, 6) is -0.377. The summed E-state index contributed by atoms with van der Waals surface area (Å²) in [7, 11) is 0. The van der Waals surface area contributed by atoms with Gasteiger partial charge in [0, 0.05) is 18.2 Å². The molecule has 1 amide bonds. The summed E-state index contributed by atoms with van der Waals surface area (Å²) in [6, 6.07) is 5.03. The number of nitrogens with two attached hydrogens (primary N) is 1. The standard InChI is InChI=1S/C17H25FN2O/c1-13-8-9-14(12-16(13)18)17(21)20(11-5-10-19)15-6-3-2-4-7-15/h8-9,12,15H,2-7,10-11,19H2,1H3. The van der Waals surface area contributed by atoms with E-state index in [1.807, 2.05) is 4.90 Å². The molecule has 4 heteroatoms. The minimum absolute atomic E-state index is 0.0609. The first-order valence-electron chi connectivity index (χ1n) is 7.90. The van der Waals surface area contributed by atoms with Gasteiger partial charge in [-0.15, -0.1) is 0 Å². The molecule has 116 valence electrons. The molecule has 1 aliphatic rings. The lowest BCUT2D eigenvalue weighted by Gasteiger charge is -2.34. The van der Waals surface area contributed by atoms with Gasteiger partial charge in [-0.1, -0.05) is 25.3 Å². The quantitative estimate of drug-likeness (QED) is 0.905. The number of carbonyl (C=O) groups excluding carboxylic acids is 1. The predicted molar refractivity (Wildman–Crippen MR) is 82.7 cm³/mol. The molecule has 0 spiro atoms. The van der Waals surface area contributed by atoms with Gasteiger partial charge in [-0.25, -0.2) is 4.39 Å². The van der Waals surface area contributed by atoms with Crippen LogP contribution < -0.4 is 5.73 Å². The van der Waals surface area contributed by atoms with Crippen LogP contribution in [-0.2, 0) is 0 Å². The van der Waals surface area contributed by atoms with Gasteiger partial charge in [0.1, 0.15) is 5.82 Å². The molecule has 2 rings (SSSR count). The number of amides is 1. The number of nitrogens with zero attached hydrogens (tertiary/aromatic N) is 1. The molecule has 0 atom stereocenters. The fraction of sp³-hybridized carbons (Fsp3) is 0.588. The van der Waals surface area contributed by atoms with Crippen molar-refractivity contribution in [3.8, 4) is 0 Å². The van der Waals surface area contributed by atoms with E-state index in [0.717, 1.165) is 19.3 Å². The molecule has 3 nitrogen and oxygen atoms in total. The van der Waals surface area contributed by atoms with Gasteiger partial charge < -0.3 is 10.6 Å². The van der Waals surface area contributed by atoms with E-state index < -0.39 is 0 Å². The smallest absolute Gasteiger partial charge is 0.254 e. The van der Waals surface area contributed by atoms with Crippen molar-refractivity contribution in [2.75, 3.05) is 13.1 Å². The van der Waals surface area contributed by atoms with Crippen LogP contribution in [0, 0.1) is 12.7 Å². The highest BCUT2D eigenvalue weighted by Gasteiger charge is 2.26. The molecule has 0 heterocycles. The highest BCUT2D eigenvalue weighted by atomic mass is 19.1. The van der Waals surface area contributed by atoms with Crippen molar-refractivity contribution in [3.05, 3.63) is 35.1 Å². The van der Waals surface area contributed by atoms with Crippen molar-refractivity contribution in [3.63, 3.8) is 0 Å². The first kappa shape index (κ1) is 16.0. The monoisotopic (exact) mass is 292 g/mol.